The fourth-order valence-electron chi connectivity index (χ4n) is 8.05. The van der Waals surface area contributed by atoms with E-state index in [9.17, 15) is 24.3 Å². The van der Waals surface area contributed by atoms with Gasteiger partial charge in [-0.3, -0.25) is 19.2 Å². The van der Waals surface area contributed by atoms with E-state index >= 15 is 0 Å². The minimum atomic E-state index is -0.444. The minimum Gasteiger partial charge on any atom is -0.508 e. The van der Waals surface area contributed by atoms with E-state index in [1.165, 1.54) is 24.8 Å². The molecule has 2 aliphatic carbocycles. The van der Waals surface area contributed by atoms with Crippen LogP contribution in [0.2, 0.25) is 0 Å². The third kappa shape index (κ3) is 10.7. The normalized spacial score (nSPS) is 14.3. The zero-order chi connectivity index (χ0) is 47.7. The van der Waals surface area contributed by atoms with E-state index in [-0.39, 0.29) is 59.0 Å². The van der Waals surface area contributed by atoms with Gasteiger partial charge >= 0.3 is 0 Å². The van der Waals surface area contributed by atoms with Gasteiger partial charge in [-0.05, 0) is 106 Å². The van der Waals surface area contributed by atoms with Gasteiger partial charge in [-0.2, -0.15) is 10.4 Å². The Bertz CT molecular complexity index is 3150. The Hall–Kier alpha value is -9.34. The number of aromatic nitrogens is 12. The molecule has 4 aromatic heterocycles. The Morgan fingerprint density at radius 3 is 1.54 bits per heavy atom. The number of tetrazole rings is 2. The highest BCUT2D eigenvalue weighted by molar-refractivity contribution is 5.98. The number of aromatic amines is 2. The number of H-pyrrole nitrogens is 2. The van der Waals surface area contributed by atoms with Gasteiger partial charge < -0.3 is 31.1 Å². The lowest BCUT2D eigenvalue weighted by Gasteiger charge is -2.14. The van der Waals surface area contributed by atoms with Gasteiger partial charge in [-0.1, -0.05) is 48.5 Å². The van der Waals surface area contributed by atoms with Crippen molar-refractivity contribution in [1.82, 2.24) is 82.5 Å². The van der Waals surface area contributed by atoms with Crippen molar-refractivity contribution < 1.29 is 29.0 Å². The molecule has 4 aromatic carbocycles. The van der Waals surface area contributed by atoms with Crippen molar-refractivity contribution in [3.63, 3.8) is 0 Å². The summed E-state index contributed by atoms with van der Waals surface area (Å²) in [5.74, 6) is 0.275. The summed E-state index contributed by atoms with van der Waals surface area (Å²) in [6.45, 7) is 0.510. The van der Waals surface area contributed by atoms with E-state index in [2.05, 4.69) is 82.5 Å². The largest absolute Gasteiger partial charge is 0.508 e. The highest BCUT2D eigenvalue weighted by atomic mass is 16.5. The molecule has 346 valence electrons. The number of carbonyl (C=O) groups is 4. The second kappa shape index (κ2) is 20.4. The van der Waals surface area contributed by atoms with E-state index in [1.807, 2.05) is 60.7 Å². The number of benzene rings is 4. The van der Waals surface area contributed by atoms with Gasteiger partial charge in [0.2, 0.25) is 11.6 Å². The number of nitrogens with zero attached hydrogens (tertiary/aromatic N) is 10. The van der Waals surface area contributed by atoms with Gasteiger partial charge in [0.1, 0.15) is 46.9 Å². The fraction of sp³-hybridized carbons (Fsp3) is 0.191. The molecule has 22 nitrogen and oxygen atoms in total. The molecule has 10 rings (SSSR count). The van der Waals surface area contributed by atoms with Crippen LogP contribution in [0.4, 0.5) is 0 Å². The molecule has 0 spiro atoms. The van der Waals surface area contributed by atoms with Crippen LogP contribution in [0, 0.1) is 0 Å². The summed E-state index contributed by atoms with van der Waals surface area (Å²) in [6, 6.07) is 28.2. The first kappa shape index (κ1) is 44.8. The molecule has 4 amide bonds. The predicted molar refractivity (Wildman–Crippen MR) is 244 cm³/mol. The Morgan fingerprint density at radius 2 is 1.07 bits per heavy atom. The number of phenolic OH excluding ortho intramolecular Hbond substituents is 1. The molecule has 4 heterocycles. The summed E-state index contributed by atoms with van der Waals surface area (Å²) in [4.78, 5) is 67.0. The average Bonchev–Trinajstić information content (AvgIpc) is 4.25. The first-order valence-electron chi connectivity index (χ1n) is 21.6. The minimum absolute atomic E-state index is 0.0804. The fourth-order valence-corrected chi connectivity index (χ4v) is 8.05. The number of nitrogens with one attached hydrogen (secondary N) is 6. The van der Waals surface area contributed by atoms with Crippen LogP contribution >= 0.6 is 0 Å². The lowest BCUT2D eigenvalue weighted by molar-refractivity contribution is 0.0919. The van der Waals surface area contributed by atoms with E-state index in [0.717, 1.165) is 70.2 Å². The Kier molecular flexibility index (Phi) is 13.3. The van der Waals surface area contributed by atoms with Gasteiger partial charge in [-0.15, -0.1) is 20.4 Å². The molecule has 0 bridgehead atoms. The Morgan fingerprint density at radius 1 is 0.594 bits per heavy atom. The van der Waals surface area contributed by atoms with Crippen LogP contribution in [0.3, 0.4) is 0 Å². The van der Waals surface area contributed by atoms with Crippen LogP contribution in [0.5, 0.6) is 11.5 Å². The van der Waals surface area contributed by atoms with Crippen LogP contribution in [-0.2, 0) is 25.9 Å². The predicted octanol–water partition coefficient (Wildman–Crippen LogP) is 3.72. The van der Waals surface area contributed by atoms with Gasteiger partial charge in [-0.25, -0.2) is 19.9 Å². The molecule has 8 aromatic rings. The summed E-state index contributed by atoms with van der Waals surface area (Å²) in [5.41, 5.74) is 8.07. The number of fused-ring (bicyclic) bond motifs is 2. The maximum absolute atomic E-state index is 12.9. The third-order valence-corrected chi connectivity index (χ3v) is 11.5. The van der Waals surface area contributed by atoms with E-state index in [0.29, 0.717) is 23.9 Å². The Balaban J connectivity index is 0.000000172. The number of rotatable bonds is 13. The van der Waals surface area contributed by atoms with Gasteiger partial charge in [0.25, 0.3) is 23.6 Å². The van der Waals surface area contributed by atoms with Gasteiger partial charge in [0.05, 0.1) is 19.2 Å². The molecule has 69 heavy (non-hydrogen) atoms. The molecular weight excluding hydrogens is 885 g/mol. The maximum atomic E-state index is 12.9. The smallest absolute Gasteiger partial charge is 0.270 e. The van der Waals surface area contributed by atoms with Gasteiger partial charge in [0, 0.05) is 36.3 Å². The molecule has 0 radical (unpaired) electrons. The number of carbonyl (C=O) groups excluding carboxylic acids is 4. The molecule has 2 atom stereocenters. The number of methoxy groups -OCH3 is 1. The number of ether oxygens (including phenoxy) is 1. The first-order chi connectivity index (χ1) is 33.7. The SMILES string of the molecule is COc1cccc(CNC(=O)c2cc(C(=O)N[C@H]3CCc4cc(-c5nn[nH]n5)ccc43)ncn2)c1.O=C(NCc1cccc(O)c1)c1cc(C(=O)N[C@H]2CCc3cc(-c4nn[nH]n4)ccc32)ncn1. The highest BCUT2D eigenvalue weighted by Gasteiger charge is 2.28. The van der Waals surface area contributed by atoms with Crippen molar-refractivity contribution in [3.05, 3.63) is 166 Å². The number of phenols is 1. The van der Waals surface area contributed by atoms with Crippen molar-refractivity contribution in [1.29, 1.82) is 0 Å². The molecular formula is C47H42N16O6. The lowest BCUT2D eigenvalue weighted by atomic mass is 10.0. The Labute approximate surface area is 392 Å². The van der Waals surface area contributed by atoms with Crippen molar-refractivity contribution in [2.45, 2.75) is 50.9 Å². The second-order valence-electron chi connectivity index (χ2n) is 15.9. The van der Waals surface area contributed by atoms with Crippen LogP contribution < -0.4 is 26.0 Å². The van der Waals surface area contributed by atoms with E-state index < -0.39 is 11.8 Å². The van der Waals surface area contributed by atoms with Crippen LogP contribution in [-0.4, -0.2) is 97.0 Å². The lowest BCUT2D eigenvalue weighted by Crippen LogP contribution is -2.29. The zero-order valence-electron chi connectivity index (χ0n) is 36.8. The van der Waals surface area contributed by atoms with Crippen molar-refractivity contribution >= 4 is 23.6 Å². The number of aryl methyl sites for hydroxylation is 2. The third-order valence-electron chi connectivity index (χ3n) is 11.5. The summed E-state index contributed by atoms with van der Waals surface area (Å²) < 4.78 is 5.20. The standard InChI is InChI=1S/C24H22N8O3.C23H20N8O3/c1-35-17-4-2-3-14(9-17)12-25-23(33)20-11-21(27-13-26-20)24(34)28-19-8-6-15-10-16(5-7-18(15)19)22-29-31-32-30-22;32-16-3-1-2-13(8-16)11-24-22(33)19-10-20(26-12-25-19)23(34)27-18-7-5-14-9-15(4-6-17(14)18)21-28-30-31-29-21/h2-5,7,9-11,13,19H,6,8,12H2,1H3,(H,25,33)(H,28,34)(H,29,30,31,32);1-4,6,8-10,12,18,32H,5,7,11H2,(H,24,33)(H,27,34)(H,28,29,30,31)/t19-;18-/m00/s1. The molecule has 7 N–H and O–H groups in total. The topological polar surface area (TPSA) is 306 Å². The van der Waals surface area contributed by atoms with Crippen molar-refractivity contribution in [3.8, 4) is 34.3 Å². The average molecular weight is 927 g/mol. The molecule has 0 aliphatic heterocycles. The molecule has 0 saturated heterocycles. The summed E-state index contributed by atoms with van der Waals surface area (Å²) >= 11 is 0. The molecule has 2 aliphatic rings. The number of aromatic hydroxyl groups is 1. The van der Waals surface area contributed by atoms with Crippen LogP contribution in [0.15, 0.2) is 110 Å². The number of amides is 4. The van der Waals surface area contributed by atoms with E-state index in [4.69, 9.17) is 4.74 Å². The molecule has 0 fully saturated rings. The van der Waals surface area contributed by atoms with Crippen molar-refractivity contribution in [2.24, 2.45) is 0 Å². The van der Waals surface area contributed by atoms with Crippen LogP contribution in [0.1, 0.15) is 100 Å². The number of hydrogen-bond donors (Lipinski definition) is 7. The van der Waals surface area contributed by atoms with Crippen molar-refractivity contribution in [2.75, 3.05) is 7.11 Å². The maximum Gasteiger partial charge on any atom is 0.270 e. The van der Waals surface area contributed by atoms with E-state index in [1.54, 1.807) is 31.4 Å². The summed E-state index contributed by atoms with van der Waals surface area (Å²) in [5, 5.41) is 49.2. The molecule has 0 unspecified atom stereocenters. The quantitative estimate of drug-likeness (QED) is 0.0867. The van der Waals surface area contributed by atoms with Gasteiger partial charge in [0.15, 0.2) is 0 Å². The molecule has 0 saturated carbocycles. The number of hydrogen-bond acceptors (Lipinski definition) is 16. The first-order valence-corrected chi connectivity index (χ1v) is 21.6. The summed E-state index contributed by atoms with van der Waals surface area (Å²) in [6.07, 6.45) is 5.54. The zero-order valence-corrected chi connectivity index (χ0v) is 36.8. The van der Waals surface area contributed by atoms with Crippen LogP contribution in [0.25, 0.3) is 22.8 Å². The molecule has 22 heteroatoms. The monoisotopic (exact) mass is 926 g/mol. The summed E-state index contributed by atoms with van der Waals surface area (Å²) in [7, 11) is 1.59. The second-order valence-corrected chi connectivity index (χ2v) is 15.9. The highest BCUT2D eigenvalue weighted by Crippen LogP contribution is 2.35.